The Balaban J connectivity index is 1.68. The van der Waals surface area contributed by atoms with E-state index in [1.165, 1.54) is 42.6 Å². The number of non-ortho nitro benzene ring substituents is 2. The molecule has 0 bridgehead atoms. The van der Waals surface area contributed by atoms with Crippen molar-refractivity contribution in [3.8, 4) is 11.3 Å². The van der Waals surface area contributed by atoms with Crippen LogP contribution in [0.4, 0.5) is 17.1 Å². The van der Waals surface area contributed by atoms with Gasteiger partial charge in [-0.25, -0.2) is 0 Å². The lowest BCUT2D eigenvalue weighted by Gasteiger charge is -1.99. The van der Waals surface area contributed by atoms with Gasteiger partial charge in [0.25, 0.3) is 11.4 Å². The largest absolute Gasteiger partial charge is 0.455 e. The second-order valence-electron chi connectivity index (χ2n) is 5.18. The van der Waals surface area contributed by atoms with Crippen molar-refractivity contribution in [2.75, 3.05) is 5.43 Å². The van der Waals surface area contributed by atoms with E-state index in [9.17, 15) is 20.2 Å². The van der Waals surface area contributed by atoms with Gasteiger partial charge in [-0.3, -0.25) is 25.7 Å². The number of hydrogen-bond donors (Lipinski definition) is 1. The Morgan fingerprint density at radius 3 is 2.35 bits per heavy atom. The van der Waals surface area contributed by atoms with Crippen LogP contribution in [0.1, 0.15) is 5.76 Å². The van der Waals surface area contributed by atoms with E-state index in [2.05, 4.69) is 10.5 Å². The maximum absolute atomic E-state index is 10.8. The van der Waals surface area contributed by atoms with Gasteiger partial charge >= 0.3 is 0 Å². The molecule has 0 unspecified atom stereocenters. The fraction of sp³-hybridized carbons (Fsp3) is 0. The van der Waals surface area contributed by atoms with Crippen molar-refractivity contribution in [2.45, 2.75) is 0 Å². The van der Waals surface area contributed by atoms with E-state index in [4.69, 9.17) is 4.42 Å². The Morgan fingerprint density at radius 2 is 1.65 bits per heavy atom. The van der Waals surface area contributed by atoms with Crippen LogP contribution in [0.3, 0.4) is 0 Å². The Hall–Kier alpha value is -4.01. The van der Waals surface area contributed by atoms with Crippen LogP contribution in [0.25, 0.3) is 11.3 Å². The van der Waals surface area contributed by atoms with Crippen LogP contribution in [-0.2, 0) is 0 Å². The van der Waals surface area contributed by atoms with Crippen LogP contribution in [0.5, 0.6) is 0 Å². The van der Waals surface area contributed by atoms with Gasteiger partial charge in [0.15, 0.2) is 0 Å². The van der Waals surface area contributed by atoms with E-state index in [1.807, 2.05) is 0 Å². The van der Waals surface area contributed by atoms with Crippen LogP contribution >= 0.6 is 0 Å². The number of nitrogens with one attached hydrogen (secondary N) is 1. The van der Waals surface area contributed by atoms with E-state index in [0.29, 0.717) is 22.8 Å². The van der Waals surface area contributed by atoms with Crippen LogP contribution in [0, 0.1) is 20.2 Å². The summed E-state index contributed by atoms with van der Waals surface area (Å²) >= 11 is 0. The van der Waals surface area contributed by atoms with E-state index < -0.39 is 9.85 Å². The number of rotatable bonds is 6. The van der Waals surface area contributed by atoms with E-state index >= 15 is 0 Å². The van der Waals surface area contributed by atoms with Crippen LogP contribution in [0.15, 0.2) is 70.2 Å². The smallest absolute Gasteiger partial charge is 0.270 e. The molecular weight excluding hydrogens is 340 g/mol. The Kier molecular flexibility index (Phi) is 4.70. The predicted molar refractivity (Wildman–Crippen MR) is 95.1 cm³/mol. The zero-order valence-electron chi connectivity index (χ0n) is 13.2. The van der Waals surface area contributed by atoms with Gasteiger partial charge in [-0.15, -0.1) is 0 Å². The van der Waals surface area contributed by atoms with Crippen molar-refractivity contribution < 1.29 is 14.3 Å². The van der Waals surface area contributed by atoms with Gasteiger partial charge in [-0.1, -0.05) is 12.1 Å². The number of hydrogen-bond acceptors (Lipinski definition) is 7. The highest BCUT2D eigenvalue weighted by Crippen LogP contribution is 2.25. The number of hydrazone groups is 1. The summed E-state index contributed by atoms with van der Waals surface area (Å²) in [6.45, 7) is 0. The lowest BCUT2D eigenvalue weighted by molar-refractivity contribution is -0.385. The quantitative estimate of drug-likeness (QED) is 0.402. The van der Waals surface area contributed by atoms with Crippen molar-refractivity contribution in [2.24, 2.45) is 5.10 Å². The first-order valence-corrected chi connectivity index (χ1v) is 7.41. The lowest BCUT2D eigenvalue weighted by Crippen LogP contribution is -1.91. The molecule has 0 aliphatic heterocycles. The van der Waals surface area contributed by atoms with E-state index in [0.717, 1.165) is 0 Å². The normalized spacial score (nSPS) is 10.8. The molecule has 0 atom stereocenters. The summed E-state index contributed by atoms with van der Waals surface area (Å²) in [5.74, 6) is 0.923. The molecule has 0 aliphatic carbocycles. The third kappa shape index (κ3) is 3.90. The Morgan fingerprint density at radius 1 is 0.923 bits per heavy atom. The molecule has 1 aromatic heterocycles. The summed E-state index contributed by atoms with van der Waals surface area (Å²) in [6.07, 6.45) is 1.43. The molecule has 0 saturated carbocycles. The van der Waals surface area contributed by atoms with Crippen LogP contribution in [0.2, 0.25) is 0 Å². The molecular formula is C17H12N4O5. The molecule has 9 nitrogen and oxygen atoms in total. The first-order valence-electron chi connectivity index (χ1n) is 7.41. The molecule has 3 rings (SSSR count). The SMILES string of the molecule is O=[N+]([O-])c1ccc(NN=Cc2ccc(-c3cccc([N+](=O)[O-])c3)o2)cc1. The molecule has 0 saturated heterocycles. The van der Waals surface area contributed by atoms with Gasteiger partial charge in [0.1, 0.15) is 11.5 Å². The monoisotopic (exact) mass is 352 g/mol. The van der Waals surface area contributed by atoms with Gasteiger partial charge in [-0.05, 0) is 24.3 Å². The third-order valence-corrected chi connectivity index (χ3v) is 3.43. The topological polar surface area (TPSA) is 124 Å². The van der Waals surface area contributed by atoms with Crippen LogP contribution in [-0.4, -0.2) is 16.1 Å². The minimum Gasteiger partial charge on any atom is -0.455 e. The van der Waals surface area contributed by atoms with Crippen molar-refractivity contribution in [1.82, 2.24) is 0 Å². The standard InChI is InChI=1S/C17H12N4O5/c22-20(23)14-6-4-13(5-7-14)19-18-11-16-8-9-17(26-16)12-2-1-3-15(10-12)21(24)25/h1-11,19H. The fourth-order valence-electron chi connectivity index (χ4n) is 2.18. The number of nitro groups is 2. The molecule has 0 radical (unpaired) electrons. The van der Waals surface area contributed by atoms with Crippen LogP contribution < -0.4 is 5.43 Å². The maximum atomic E-state index is 10.8. The second kappa shape index (κ2) is 7.26. The molecule has 26 heavy (non-hydrogen) atoms. The minimum atomic E-state index is -0.481. The molecule has 9 heteroatoms. The minimum absolute atomic E-state index is 0.00726. The average molecular weight is 352 g/mol. The molecule has 0 spiro atoms. The molecule has 1 heterocycles. The van der Waals surface area contributed by atoms with Gasteiger partial charge in [-0.2, -0.15) is 5.10 Å². The first kappa shape index (κ1) is 16.8. The van der Waals surface area contributed by atoms with E-state index in [1.54, 1.807) is 24.3 Å². The van der Waals surface area contributed by atoms with Gasteiger partial charge in [0, 0.05) is 29.8 Å². The third-order valence-electron chi connectivity index (χ3n) is 3.43. The van der Waals surface area contributed by atoms with Crippen molar-refractivity contribution in [3.63, 3.8) is 0 Å². The van der Waals surface area contributed by atoms with Gasteiger partial charge < -0.3 is 4.42 Å². The van der Waals surface area contributed by atoms with Crippen molar-refractivity contribution >= 4 is 23.3 Å². The maximum Gasteiger partial charge on any atom is 0.270 e. The number of nitrogens with zero attached hydrogens (tertiary/aromatic N) is 3. The van der Waals surface area contributed by atoms with Gasteiger partial charge in [0.05, 0.1) is 21.7 Å². The second-order valence-corrected chi connectivity index (χ2v) is 5.18. The first-order chi connectivity index (χ1) is 12.5. The van der Waals surface area contributed by atoms with E-state index in [-0.39, 0.29) is 11.4 Å². The summed E-state index contributed by atoms with van der Waals surface area (Å²) in [6, 6.07) is 15.3. The number of furan rings is 1. The van der Waals surface area contributed by atoms with Crippen molar-refractivity contribution in [3.05, 3.63) is 86.7 Å². The zero-order valence-corrected chi connectivity index (χ0v) is 13.2. The molecule has 0 amide bonds. The number of nitro benzene ring substituents is 2. The predicted octanol–water partition coefficient (Wildman–Crippen LogP) is 4.21. The summed E-state index contributed by atoms with van der Waals surface area (Å²) in [5, 5.41) is 25.4. The summed E-state index contributed by atoms with van der Waals surface area (Å²) in [7, 11) is 0. The Bertz CT molecular complexity index is 979. The van der Waals surface area contributed by atoms with Crippen molar-refractivity contribution in [1.29, 1.82) is 0 Å². The molecule has 130 valence electrons. The highest BCUT2D eigenvalue weighted by Gasteiger charge is 2.09. The summed E-state index contributed by atoms with van der Waals surface area (Å²) < 4.78 is 5.59. The highest BCUT2D eigenvalue weighted by atomic mass is 16.6. The zero-order chi connectivity index (χ0) is 18.5. The molecule has 1 N–H and O–H groups in total. The molecule has 0 fully saturated rings. The molecule has 2 aromatic carbocycles. The highest BCUT2D eigenvalue weighted by molar-refractivity contribution is 5.78. The molecule has 3 aromatic rings. The average Bonchev–Trinajstić information content (AvgIpc) is 3.11. The summed E-state index contributed by atoms with van der Waals surface area (Å²) in [5.41, 5.74) is 3.87. The number of anilines is 1. The Labute approximate surface area is 146 Å². The fourth-order valence-corrected chi connectivity index (χ4v) is 2.18. The summed E-state index contributed by atoms with van der Waals surface area (Å²) in [4.78, 5) is 20.5. The van der Waals surface area contributed by atoms with Gasteiger partial charge in [0.2, 0.25) is 0 Å². The number of benzene rings is 2. The molecule has 0 aliphatic rings. The lowest BCUT2D eigenvalue weighted by atomic mass is 10.1.